The van der Waals surface area contributed by atoms with Gasteiger partial charge in [-0.15, -0.1) is 0 Å². The summed E-state index contributed by atoms with van der Waals surface area (Å²) < 4.78 is 22.0. The highest BCUT2D eigenvalue weighted by Gasteiger charge is 2.32. The number of halogens is 2. The summed E-state index contributed by atoms with van der Waals surface area (Å²) in [5, 5.41) is 2.90. The van der Waals surface area contributed by atoms with E-state index in [2.05, 4.69) is 26.2 Å². The molecule has 6 nitrogen and oxygen atoms in total. The van der Waals surface area contributed by atoms with E-state index in [1.807, 2.05) is 36.4 Å². The molecule has 1 amide bonds. The van der Waals surface area contributed by atoms with Gasteiger partial charge in [-0.25, -0.2) is 9.38 Å². The number of aromatic nitrogens is 1. The Balaban J connectivity index is 1.69. The van der Waals surface area contributed by atoms with Gasteiger partial charge in [0.15, 0.2) is 4.80 Å². The molecule has 0 saturated heterocycles. The molecule has 5 rings (SSSR count). The minimum absolute atomic E-state index is 0.308. The second-order valence-electron chi connectivity index (χ2n) is 8.34. The van der Waals surface area contributed by atoms with Gasteiger partial charge in [-0.05, 0) is 61.0 Å². The molecule has 1 atom stereocenters. The molecule has 1 unspecified atom stereocenters. The van der Waals surface area contributed by atoms with Crippen LogP contribution in [0, 0.1) is 5.82 Å². The highest BCUT2D eigenvalue weighted by molar-refractivity contribution is 9.10. The first kappa shape index (κ1) is 24.9. The van der Waals surface area contributed by atoms with Crippen LogP contribution in [0.25, 0.3) is 6.08 Å². The SMILES string of the molecule is COc1ccc(Br)cc1C=c1sc2n(c1=O)C(c1ccc(F)cc1)C(C(=O)Nc1ccccc1)=C(C)N=2. The monoisotopic (exact) mass is 577 g/mol. The second-order valence-corrected chi connectivity index (χ2v) is 10.3. The largest absolute Gasteiger partial charge is 0.496 e. The summed E-state index contributed by atoms with van der Waals surface area (Å²) in [6.07, 6.45) is 1.75. The average Bonchev–Trinajstić information content (AvgIpc) is 3.18. The summed E-state index contributed by atoms with van der Waals surface area (Å²) in [7, 11) is 1.57. The number of hydrogen-bond donors (Lipinski definition) is 1. The van der Waals surface area contributed by atoms with Crippen LogP contribution in [-0.4, -0.2) is 17.6 Å². The normalized spacial score (nSPS) is 15.2. The standard InChI is InChI=1S/C28H21BrFN3O3S/c1-16-24(26(34)32-21-6-4-3-5-7-21)25(17-8-11-20(30)12-9-17)33-27(35)23(37-28(33)31-16)15-18-14-19(29)10-13-22(18)36-2/h3-15,25H,1-2H3,(H,32,34). The Bertz CT molecular complexity index is 1710. The lowest BCUT2D eigenvalue weighted by Gasteiger charge is -2.25. The smallest absolute Gasteiger partial charge is 0.271 e. The van der Waals surface area contributed by atoms with E-state index in [4.69, 9.17) is 4.74 Å². The molecule has 0 spiro atoms. The molecule has 0 bridgehead atoms. The van der Waals surface area contributed by atoms with Crippen LogP contribution in [0.3, 0.4) is 0 Å². The number of methoxy groups -OCH3 is 1. The number of para-hydroxylation sites is 1. The number of benzene rings is 3. The van der Waals surface area contributed by atoms with Crippen molar-refractivity contribution in [3.63, 3.8) is 0 Å². The van der Waals surface area contributed by atoms with E-state index in [0.29, 0.717) is 37.6 Å². The van der Waals surface area contributed by atoms with E-state index in [1.54, 1.807) is 44.4 Å². The number of thiazole rings is 1. The summed E-state index contributed by atoms with van der Waals surface area (Å²) in [5.41, 5.74) is 2.42. The van der Waals surface area contributed by atoms with Crippen LogP contribution in [0.2, 0.25) is 0 Å². The highest BCUT2D eigenvalue weighted by Crippen LogP contribution is 2.31. The molecular weight excluding hydrogens is 557 g/mol. The van der Waals surface area contributed by atoms with E-state index >= 15 is 0 Å². The Morgan fingerprint density at radius 2 is 1.86 bits per heavy atom. The topological polar surface area (TPSA) is 72.7 Å². The van der Waals surface area contributed by atoms with Crippen LogP contribution < -0.4 is 24.9 Å². The number of anilines is 1. The number of fused-ring (bicyclic) bond motifs is 1. The molecule has 1 aliphatic rings. The third-order valence-electron chi connectivity index (χ3n) is 5.96. The predicted molar refractivity (Wildman–Crippen MR) is 146 cm³/mol. The van der Waals surface area contributed by atoms with Gasteiger partial charge in [0.25, 0.3) is 11.5 Å². The van der Waals surface area contributed by atoms with Gasteiger partial charge in [0.1, 0.15) is 11.6 Å². The van der Waals surface area contributed by atoms with E-state index in [-0.39, 0.29) is 11.5 Å². The first-order valence-corrected chi connectivity index (χ1v) is 12.9. The van der Waals surface area contributed by atoms with E-state index in [0.717, 1.165) is 10.0 Å². The van der Waals surface area contributed by atoms with Crippen LogP contribution in [-0.2, 0) is 4.79 Å². The minimum Gasteiger partial charge on any atom is -0.496 e. The van der Waals surface area contributed by atoms with Gasteiger partial charge < -0.3 is 10.1 Å². The van der Waals surface area contributed by atoms with Crippen molar-refractivity contribution >= 4 is 44.9 Å². The van der Waals surface area contributed by atoms with Crippen molar-refractivity contribution in [3.8, 4) is 5.75 Å². The molecule has 9 heteroatoms. The Hall–Kier alpha value is -3.82. The molecule has 0 radical (unpaired) electrons. The van der Waals surface area contributed by atoms with Crippen molar-refractivity contribution in [2.24, 2.45) is 4.99 Å². The lowest BCUT2D eigenvalue weighted by Crippen LogP contribution is -2.40. The highest BCUT2D eigenvalue weighted by atomic mass is 79.9. The summed E-state index contributed by atoms with van der Waals surface area (Å²) >= 11 is 4.69. The van der Waals surface area contributed by atoms with Crippen LogP contribution in [0.5, 0.6) is 5.75 Å². The minimum atomic E-state index is -0.785. The molecule has 3 aromatic carbocycles. The quantitative estimate of drug-likeness (QED) is 0.371. The summed E-state index contributed by atoms with van der Waals surface area (Å²) in [6, 6.07) is 19.6. The number of carbonyl (C=O) groups is 1. The zero-order chi connectivity index (χ0) is 26.1. The summed E-state index contributed by atoms with van der Waals surface area (Å²) in [6.45, 7) is 1.74. The number of ether oxygens (including phenoxy) is 1. The van der Waals surface area contributed by atoms with E-state index in [9.17, 15) is 14.0 Å². The molecule has 1 aromatic heterocycles. The number of nitrogens with zero attached hydrogens (tertiary/aromatic N) is 2. The Morgan fingerprint density at radius 3 is 2.57 bits per heavy atom. The van der Waals surface area contributed by atoms with Crippen molar-refractivity contribution < 1.29 is 13.9 Å². The zero-order valence-electron chi connectivity index (χ0n) is 19.9. The first-order chi connectivity index (χ1) is 17.9. The Kier molecular flexibility index (Phi) is 6.90. The van der Waals surface area contributed by atoms with Gasteiger partial charge in [-0.2, -0.15) is 0 Å². The molecule has 4 aromatic rings. The van der Waals surface area contributed by atoms with Crippen molar-refractivity contribution in [1.82, 2.24) is 4.57 Å². The molecule has 1 N–H and O–H groups in total. The predicted octanol–water partition coefficient (Wildman–Crippen LogP) is 4.78. The van der Waals surface area contributed by atoms with Gasteiger partial charge in [0, 0.05) is 15.7 Å². The number of nitrogens with one attached hydrogen (secondary N) is 1. The second kappa shape index (κ2) is 10.3. The Morgan fingerprint density at radius 1 is 1.14 bits per heavy atom. The lowest BCUT2D eigenvalue weighted by molar-refractivity contribution is -0.113. The van der Waals surface area contributed by atoms with Gasteiger partial charge in [-0.1, -0.05) is 57.6 Å². The number of amides is 1. The number of hydrogen-bond acceptors (Lipinski definition) is 5. The van der Waals surface area contributed by atoms with Crippen LogP contribution in [0.4, 0.5) is 10.1 Å². The summed E-state index contributed by atoms with van der Waals surface area (Å²) in [5.74, 6) is -0.179. The first-order valence-electron chi connectivity index (χ1n) is 11.3. The fraction of sp³-hybridized carbons (Fsp3) is 0.107. The van der Waals surface area contributed by atoms with Crippen LogP contribution >= 0.6 is 27.3 Å². The fourth-order valence-electron chi connectivity index (χ4n) is 4.25. The maximum Gasteiger partial charge on any atom is 0.271 e. The molecule has 186 valence electrons. The fourth-order valence-corrected chi connectivity index (χ4v) is 5.67. The molecule has 2 heterocycles. The molecule has 0 fully saturated rings. The van der Waals surface area contributed by atoms with Crippen molar-refractivity contribution in [2.45, 2.75) is 13.0 Å². The van der Waals surface area contributed by atoms with E-state index < -0.39 is 11.9 Å². The van der Waals surface area contributed by atoms with Gasteiger partial charge >= 0.3 is 0 Å². The van der Waals surface area contributed by atoms with Crippen LogP contribution in [0.1, 0.15) is 24.1 Å². The molecular formula is C28H21BrFN3O3S. The maximum atomic E-state index is 13.8. The van der Waals surface area contributed by atoms with Crippen molar-refractivity contribution in [3.05, 3.63) is 125 Å². The lowest BCUT2D eigenvalue weighted by atomic mass is 9.95. The van der Waals surface area contributed by atoms with Gasteiger partial charge in [0.05, 0.1) is 29.0 Å². The Labute approximate surface area is 224 Å². The third-order valence-corrected chi connectivity index (χ3v) is 7.44. The van der Waals surface area contributed by atoms with Crippen molar-refractivity contribution in [1.29, 1.82) is 0 Å². The van der Waals surface area contributed by atoms with Crippen LogP contribution in [0.15, 0.2) is 98.3 Å². The maximum absolute atomic E-state index is 13.8. The third kappa shape index (κ3) is 4.92. The molecule has 37 heavy (non-hydrogen) atoms. The molecule has 1 aliphatic heterocycles. The van der Waals surface area contributed by atoms with Gasteiger partial charge in [-0.3, -0.25) is 14.2 Å². The molecule has 0 saturated carbocycles. The van der Waals surface area contributed by atoms with Crippen molar-refractivity contribution in [2.75, 3.05) is 12.4 Å². The summed E-state index contributed by atoms with van der Waals surface area (Å²) in [4.78, 5) is 32.4. The van der Waals surface area contributed by atoms with E-state index in [1.165, 1.54) is 28.0 Å². The number of rotatable bonds is 5. The number of carbonyl (C=O) groups excluding carboxylic acids is 1. The average molecular weight is 578 g/mol. The molecule has 0 aliphatic carbocycles. The zero-order valence-corrected chi connectivity index (χ0v) is 22.3. The number of allylic oxidation sites excluding steroid dienone is 1. The van der Waals surface area contributed by atoms with Gasteiger partial charge in [0.2, 0.25) is 0 Å².